The molecule has 4 aromatic rings. The van der Waals surface area contributed by atoms with Crippen molar-refractivity contribution in [1.82, 2.24) is 4.98 Å². The van der Waals surface area contributed by atoms with E-state index < -0.39 is 6.16 Å². The summed E-state index contributed by atoms with van der Waals surface area (Å²) in [6.45, 7) is 0.429. The molecule has 0 fully saturated rings. The largest absolute Gasteiger partial charge is 0.511 e. The highest BCUT2D eigenvalue weighted by atomic mass is 35.5. The molecule has 0 saturated heterocycles. The average molecular weight is 438 g/mol. The number of benzene rings is 2. The van der Waals surface area contributed by atoms with Gasteiger partial charge in [-0.25, -0.2) is 4.79 Å². The Morgan fingerprint density at radius 3 is 2.67 bits per heavy atom. The molecule has 30 heavy (non-hydrogen) atoms. The lowest BCUT2D eigenvalue weighted by Gasteiger charge is -2.13. The number of hydrogen-bond donors (Lipinski definition) is 1. The number of nitrogens with zero attached hydrogens (tertiary/aromatic N) is 1. The van der Waals surface area contributed by atoms with Gasteiger partial charge in [-0.1, -0.05) is 41.9 Å². The molecule has 0 radical (unpaired) electrons. The molecule has 2 heterocycles. The first-order chi connectivity index (χ1) is 14.6. The first-order valence-corrected chi connectivity index (χ1v) is 10.3. The van der Waals surface area contributed by atoms with Crippen molar-refractivity contribution in [2.45, 2.75) is 6.61 Å². The van der Waals surface area contributed by atoms with Crippen LogP contribution in [0.5, 0.6) is 11.5 Å². The van der Waals surface area contributed by atoms with Crippen LogP contribution >= 0.6 is 22.9 Å². The Morgan fingerprint density at radius 2 is 1.87 bits per heavy atom. The van der Waals surface area contributed by atoms with Gasteiger partial charge in [0.2, 0.25) is 0 Å². The fraction of sp³-hybridized carbons (Fsp3) is 0.0435. The number of halogens is 1. The van der Waals surface area contributed by atoms with Crippen LogP contribution in [0.3, 0.4) is 0 Å². The molecule has 2 aromatic heterocycles. The van der Waals surface area contributed by atoms with Crippen LogP contribution in [0, 0.1) is 0 Å². The van der Waals surface area contributed by atoms with Crippen LogP contribution < -0.4 is 9.47 Å². The van der Waals surface area contributed by atoms with Gasteiger partial charge in [-0.15, -0.1) is 11.3 Å². The molecule has 7 heteroatoms. The zero-order chi connectivity index (χ0) is 20.9. The van der Waals surface area contributed by atoms with E-state index in [4.69, 9.17) is 26.2 Å². The van der Waals surface area contributed by atoms with E-state index in [1.54, 1.807) is 18.3 Å². The molecule has 0 aliphatic rings. The monoisotopic (exact) mass is 437 g/mol. The van der Waals surface area contributed by atoms with Gasteiger partial charge in [-0.2, -0.15) is 0 Å². The zero-order valence-corrected chi connectivity index (χ0v) is 17.2. The van der Waals surface area contributed by atoms with Crippen molar-refractivity contribution in [3.63, 3.8) is 0 Å². The Bertz CT molecular complexity index is 1180. The SMILES string of the molecule is O=C(O)Oc1cncc(-c2sccc2-c2cc(Cl)ccc2OCc2ccccc2)c1. The lowest BCUT2D eigenvalue weighted by Crippen LogP contribution is -2.03. The van der Waals surface area contributed by atoms with Crippen LogP contribution in [-0.4, -0.2) is 16.2 Å². The summed E-state index contributed by atoms with van der Waals surface area (Å²) in [4.78, 5) is 15.9. The predicted octanol–water partition coefficient (Wildman–Crippen LogP) is 6.77. The predicted molar refractivity (Wildman–Crippen MR) is 117 cm³/mol. The fourth-order valence-electron chi connectivity index (χ4n) is 3.02. The Hall–Kier alpha value is -3.35. The van der Waals surface area contributed by atoms with Gasteiger partial charge in [0.15, 0.2) is 5.75 Å². The van der Waals surface area contributed by atoms with E-state index in [1.807, 2.05) is 53.9 Å². The van der Waals surface area contributed by atoms with Crippen molar-refractivity contribution in [2.24, 2.45) is 0 Å². The van der Waals surface area contributed by atoms with Crippen molar-refractivity contribution in [3.05, 3.63) is 89.0 Å². The van der Waals surface area contributed by atoms with Crippen LogP contribution in [0.1, 0.15) is 5.56 Å². The minimum atomic E-state index is -1.38. The molecule has 0 saturated carbocycles. The standard InChI is InChI=1S/C23H16ClNO4S/c24-17-6-7-21(28-14-15-4-2-1-3-5-15)20(11-17)19-8-9-30-22(19)16-10-18(13-25-12-16)29-23(26)27/h1-13H,14H2,(H,26,27). The van der Waals surface area contributed by atoms with E-state index in [-0.39, 0.29) is 5.75 Å². The fourth-order valence-corrected chi connectivity index (χ4v) is 4.08. The van der Waals surface area contributed by atoms with Gasteiger partial charge in [0.1, 0.15) is 12.4 Å². The molecule has 150 valence electrons. The number of aromatic nitrogens is 1. The highest BCUT2D eigenvalue weighted by Gasteiger charge is 2.16. The van der Waals surface area contributed by atoms with E-state index in [2.05, 4.69) is 4.98 Å². The summed E-state index contributed by atoms with van der Waals surface area (Å²) in [5, 5.41) is 11.4. The zero-order valence-electron chi connectivity index (χ0n) is 15.6. The van der Waals surface area contributed by atoms with Gasteiger partial charge in [-0.05, 0) is 41.3 Å². The van der Waals surface area contributed by atoms with E-state index in [1.165, 1.54) is 17.5 Å². The van der Waals surface area contributed by atoms with Gasteiger partial charge in [0, 0.05) is 32.8 Å². The molecule has 0 bridgehead atoms. The summed E-state index contributed by atoms with van der Waals surface area (Å²) in [7, 11) is 0. The minimum absolute atomic E-state index is 0.158. The third kappa shape index (κ3) is 4.62. The Labute approximate surface area is 182 Å². The van der Waals surface area contributed by atoms with E-state index in [0.717, 1.165) is 27.1 Å². The maximum absolute atomic E-state index is 10.8. The molecule has 2 aromatic carbocycles. The first-order valence-electron chi connectivity index (χ1n) is 9.00. The van der Waals surface area contributed by atoms with E-state index in [9.17, 15) is 4.79 Å². The van der Waals surface area contributed by atoms with Gasteiger partial charge >= 0.3 is 6.16 Å². The maximum Gasteiger partial charge on any atom is 0.511 e. The molecule has 1 N–H and O–H groups in total. The van der Waals surface area contributed by atoms with Crippen LogP contribution in [-0.2, 0) is 6.61 Å². The second-order valence-corrected chi connectivity index (χ2v) is 7.71. The maximum atomic E-state index is 10.8. The van der Waals surface area contributed by atoms with Crippen LogP contribution in [0.25, 0.3) is 21.6 Å². The van der Waals surface area contributed by atoms with Gasteiger partial charge in [-0.3, -0.25) is 4.98 Å². The third-order valence-corrected chi connectivity index (χ3v) is 5.51. The van der Waals surface area contributed by atoms with Crippen LogP contribution in [0.15, 0.2) is 78.4 Å². The summed E-state index contributed by atoms with van der Waals surface area (Å²) in [5.41, 5.74) is 3.57. The number of pyridine rings is 1. The number of carboxylic acid groups (broad SMARTS) is 1. The van der Waals surface area contributed by atoms with E-state index >= 15 is 0 Å². The number of thiophene rings is 1. The van der Waals surface area contributed by atoms with Crippen molar-refractivity contribution < 1.29 is 19.4 Å². The highest BCUT2D eigenvalue weighted by Crippen LogP contribution is 2.42. The van der Waals surface area contributed by atoms with Gasteiger partial charge in [0.25, 0.3) is 0 Å². The smallest absolute Gasteiger partial charge is 0.488 e. The third-order valence-electron chi connectivity index (χ3n) is 4.31. The molecule has 0 aliphatic carbocycles. The number of carbonyl (C=O) groups is 1. The second kappa shape index (κ2) is 8.98. The molecule has 0 spiro atoms. The van der Waals surface area contributed by atoms with Crippen LogP contribution in [0.4, 0.5) is 4.79 Å². The van der Waals surface area contributed by atoms with Crippen molar-refractivity contribution in [2.75, 3.05) is 0 Å². The molecule has 0 atom stereocenters. The van der Waals surface area contributed by atoms with Crippen molar-refractivity contribution >= 4 is 29.1 Å². The molecular formula is C23H16ClNO4S. The number of hydrogen-bond acceptors (Lipinski definition) is 5. The summed E-state index contributed by atoms with van der Waals surface area (Å²) in [6.07, 6.45) is 1.64. The molecule has 0 unspecified atom stereocenters. The molecule has 5 nitrogen and oxygen atoms in total. The minimum Gasteiger partial charge on any atom is -0.488 e. The molecular weight excluding hydrogens is 422 g/mol. The number of rotatable bonds is 6. The van der Waals surface area contributed by atoms with Gasteiger partial charge in [0.05, 0.1) is 6.20 Å². The molecule has 4 rings (SSSR count). The first kappa shape index (κ1) is 19.9. The Balaban J connectivity index is 1.70. The van der Waals surface area contributed by atoms with Crippen LogP contribution in [0.2, 0.25) is 5.02 Å². The summed E-state index contributed by atoms with van der Waals surface area (Å²) in [6, 6.07) is 19.0. The average Bonchev–Trinajstić information content (AvgIpc) is 3.23. The quantitative estimate of drug-likeness (QED) is 0.337. The number of ether oxygens (including phenoxy) is 2. The highest BCUT2D eigenvalue weighted by molar-refractivity contribution is 7.14. The Kier molecular flexibility index (Phi) is 5.97. The lowest BCUT2D eigenvalue weighted by atomic mass is 10.0. The lowest BCUT2D eigenvalue weighted by molar-refractivity contribution is 0.144. The topological polar surface area (TPSA) is 68.7 Å². The molecule has 0 aliphatic heterocycles. The van der Waals surface area contributed by atoms with Crippen molar-refractivity contribution in [1.29, 1.82) is 0 Å². The summed E-state index contributed by atoms with van der Waals surface area (Å²) < 4.78 is 10.8. The second-order valence-electron chi connectivity index (χ2n) is 6.36. The van der Waals surface area contributed by atoms with E-state index in [0.29, 0.717) is 17.4 Å². The summed E-state index contributed by atoms with van der Waals surface area (Å²) in [5.74, 6) is 0.861. The Morgan fingerprint density at radius 1 is 1.03 bits per heavy atom. The van der Waals surface area contributed by atoms with Gasteiger partial charge < -0.3 is 14.6 Å². The molecule has 0 amide bonds. The van der Waals surface area contributed by atoms with Crippen molar-refractivity contribution in [3.8, 4) is 33.1 Å². The summed E-state index contributed by atoms with van der Waals surface area (Å²) >= 11 is 7.79. The normalized spacial score (nSPS) is 10.6.